The van der Waals surface area contributed by atoms with Crippen LogP contribution in [0.4, 0.5) is 4.79 Å². The Morgan fingerprint density at radius 2 is 1.68 bits per heavy atom. The second kappa shape index (κ2) is 9.73. The number of nitrogens with zero attached hydrogens (tertiary/aromatic N) is 1. The predicted octanol–water partition coefficient (Wildman–Crippen LogP) is 3.56. The van der Waals surface area contributed by atoms with Crippen LogP contribution in [0.15, 0.2) is 42.5 Å². The first-order valence-electron chi connectivity index (χ1n) is 10.4. The Balaban J connectivity index is 2.03. The number of fused-ring (bicyclic) bond motifs is 1. The third-order valence-corrected chi connectivity index (χ3v) is 5.65. The van der Waals surface area contributed by atoms with Gasteiger partial charge in [0.15, 0.2) is 11.5 Å². The Bertz CT molecular complexity index is 929. The van der Waals surface area contributed by atoms with Crippen molar-refractivity contribution in [2.45, 2.75) is 32.4 Å². The highest BCUT2D eigenvalue weighted by molar-refractivity contribution is 5.84. The normalized spacial score (nSPS) is 16.3. The average Bonchev–Trinajstić information content (AvgIpc) is 2.80. The molecule has 0 radical (unpaired) electrons. The van der Waals surface area contributed by atoms with E-state index in [2.05, 4.69) is 5.32 Å². The summed E-state index contributed by atoms with van der Waals surface area (Å²) in [7, 11) is 4.53. The van der Waals surface area contributed by atoms with Crippen molar-refractivity contribution in [3.05, 3.63) is 59.2 Å². The van der Waals surface area contributed by atoms with E-state index in [9.17, 15) is 9.59 Å². The van der Waals surface area contributed by atoms with Gasteiger partial charge in [0.25, 0.3) is 0 Å². The molecule has 0 spiro atoms. The minimum Gasteiger partial charge on any atom is -0.493 e. The van der Waals surface area contributed by atoms with Crippen LogP contribution in [0.5, 0.6) is 11.5 Å². The lowest BCUT2D eigenvalue weighted by atomic mass is 9.88. The molecule has 1 aliphatic rings. The van der Waals surface area contributed by atoms with E-state index < -0.39 is 12.0 Å². The first-order chi connectivity index (χ1) is 14.9. The topological polar surface area (TPSA) is 77.1 Å². The second-order valence-electron chi connectivity index (χ2n) is 7.86. The Hall–Kier alpha value is -3.22. The summed E-state index contributed by atoms with van der Waals surface area (Å²) in [5.41, 5.74) is 3.05. The number of nitrogens with one attached hydrogen (secondary N) is 1. The highest BCUT2D eigenvalue weighted by atomic mass is 16.5. The number of urea groups is 1. The molecule has 7 heteroatoms. The van der Waals surface area contributed by atoms with Gasteiger partial charge in [-0.05, 0) is 41.2 Å². The zero-order valence-corrected chi connectivity index (χ0v) is 18.7. The van der Waals surface area contributed by atoms with E-state index in [0.717, 1.165) is 16.7 Å². The van der Waals surface area contributed by atoms with Gasteiger partial charge in [0.05, 0.1) is 27.4 Å². The molecule has 3 rings (SSSR count). The van der Waals surface area contributed by atoms with Crippen molar-refractivity contribution >= 4 is 12.0 Å². The molecule has 1 unspecified atom stereocenters. The number of rotatable bonds is 6. The number of ether oxygens (including phenoxy) is 3. The lowest BCUT2D eigenvalue weighted by molar-refractivity contribution is -0.144. The number of hydrogen-bond donors (Lipinski definition) is 1. The molecule has 1 aliphatic heterocycles. The van der Waals surface area contributed by atoms with Crippen LogP contribution < -0.4 is 14.8 Å². The number of carbonyl (C=O) groups excluding carboxylic acids is 2. The maximum atomic E-state index is 13.4. The van der Waals surface area contributed by atoms with Gasteiger partial charge in [-0.3, -0.25) is 0 Å². The van der Waals surface area contributed by atoms with Gasteiger partial charge in [0.2, 0.25) is 0 Å². The predicted molar refractivity (Wildman–Crippen MR) is 117 cm³/mol. The van der Waals surface area contributed by atoms with Crippen molar-refractivity contribution in [1.82, 2.24) is 10.2 Å². The molecular formula is C24H30N2O5. The number of methoxy groups -OCH3 is 3. The van der Waals surface area contributed by atoms with E-state index in [1.54, 1.807) is 19.1 Å². The maximum absolute atomic E-state index is 13.4. The Morgan fingerprint density at radius 3 is 2.26 bits per heavy atom. The Labute approximate surface area is 183 Å². The minimum atomic E-state index is -0.722. The third-order valence-electron chi connectivity index (χ3n) is 5.65. The summed E-state index contributed by atoms with van der Waals surface area (Å²) in [6.07, 6.45) is 0.664. The SMILES string of the molecule is COC(=O)[C@@H](NC(=O)N1CCc2cc(OC)c(OC)cc2C1c1ccccc1)C(C)C. The summed E-state index contributed by atoms with van der Waals surface area (Å²) >= 11 is 0. The van der Waals surface area contributed by atoms with Gasteiger partial charge in [0.1, 0.15) is 6.04 Å². The van der Waals surface area contributed by atoms with Gasteiger partial charge in [-0.2, -0.15) is 0 Å². The van der Waals surface area contributed by atoms with Gasteiger partial charge in [-0.1, -0.05) is 44.2 Å². The van der Waals surface area contributed by atoms with Crippen molar-refractivity contribution in [3.63, 3.8) is 0 Å². The van der Waals surface area contributed by atoms with E-state index in [4.69, 9.17) is 14.2 Å². The Kier molecular flexibility index (Phi) is 7.05. The third kappa shape index (κ3) is 4.60. The molecule has 2 aromatic carbocycles. The molecule has 1 heterocycles. The molecule has 0 saturated carbocycles. The van der Waals surface area contributed by atoms with Crippen LogP contribution >= 0.6 is 0 Å². The smallest absolute Gasteiger partial charge is 0.328 e. The maximum Gasteiger partial charge on any atom is 0.328 e. The van der Waals surface area contributed by atoms with Crippen LogP contribution in [0.3, 0.4) is 0 Å². The minimum absolute atomic E-state index is 0.104. The van der Waals surface area contributed by atoms with Crippen molar-refractivity contribution in [3.8, 4) is 11.5 Å². The van der Waals surface area contributed by atoms with Crippen molar-refractivity contribution < 1.29 is 23.8 Å². The summed E-state index contributed by atoms with van der Waals surface area (Å²) in [6.45, 7) is 4.25. The molecule has 0 aliphatic carbocycles. The molecule has 0 fully saturated rings. The van der Waals surface area contributed by atoms with Crippen molar-refractivity contribution in [1.29, 1.82) is 0 Å². The zero-order chi connectivity index (χ0) is 22.5. The van der Waals surface area contributed by atoms with E-state index >= 15 is 0 Å². The lowest BCUT2D eigenvalue weighted by Crippen LogP contribution is -2.53. The first kappa shape index (κ1) is 22.5. The molecule has 0 aromatic heterocycles. The zero-order valence-electron chi connectivity index (χ0n) is 18.7. The molecule has 2 atom stereocenters. The van der Waals surface area contributed by atoms with Gasteiger partial charge < -0.3 is 24.4 Å². The monoisotopic (exact) mass is 426 g/mol. The molecule has 0 bridgehead atoms. The molecule has 0 saturated heterocycles. The second-order valence-corrected chi connectivity index (χ2v) is 7.86. The molecule has 2 aromatic rings. The fourth-order valence-electron chi connectivity index (χ4n) is 4.00. The van der Waals surface area contributed by atoms with Crippen LogP contribution in [0.2, 0.25) is 0 Å². The van der Waals surface area contributed by atoms with Gasteiger partial charge in [-0.15, -0.1) is 0 Å². The molecule has 1 N–H and O–H groups in total. The molecule has 31 heavy (non-hydrogen) atoms. The van der Waals surface area contributed by atoms with E-state index in [1.165, 1.54) is 7.11 Å². The number of carbonyl (C=O) groups is 2. The average molecular weight is 427 g/mol. The molecular weight excluding hydrogens is 396 g/mol. The summed E-state index contributed by atoms with van der Waals surface area (Å²) in [6, 6.07) is 12.4. The van der Waals surface area contributed by atoms with E-state index in [1.807, 2.05) is 56.3 Å². The summed E-state index contributed by atoms with van der Waals surface area (Å²) in [4.78, 5) is 27.3. The van der Waals surface area contributed by atoms with Gasteiger partial charge in [-0.25, -0.2) is 9.59 Å². The summed E-state index contributed by atoms with van der Waals surface area (Å²) < 4.78 is 15.9. The van der Waals surface area contributed by atoms with E-state index in [-0.39, 0.29) is 18.0 Å². The standard InChI is InChI=1S/C24H30N2O5/c1-15(2)21(23(27)31-5)25-24(28)26-12-11-17-13-19(29-3)20(30-4)14-18(17)22(26)16-9-7-6-8-10-16/h6-10,13-15,21-22H,11-12H2,1-5H3,(H,25,28)/t21-,22?/m0/s1. The van der Waals surface area contributed by atoms with Gasteiger partial charge in [0, 0.05) is 6.54 Å². The summed E-state index contributed by atoms with van der Waals surface area (Å²) in [5.74, 6) is 0.715. The van der Waals surface area contributed by atoms with Crippen LogP contribution in [0.1, 0.15) is 36.6 Å². The van der Waals surface area contributed by atoms with Crippen molar-refractivity contribution in [2.75, 3.05) is 27.9 Å². The fourth-order valence-corrected chi connectivity index (χ4v) is 4.00. The largest absolute Gasteiger partial charge is 0.493 e. The fraction of sp³-hybridized carbons (Fsp3) is 0.417. The Morgan fingerprint density at radius 1 is 1.03 bits per heavy atom. The summed E-state index contributed by atoms with van der Waals surface area (Å²) in [5, 5.41) is 2.88. The van der Waals surface area contributed by atoms with E-state index in [0.29, 0.717) is 24.5 Å². The lowest BCUT2D eigenvalue weighted by Gasteiger charge is -2.39. The molecule has 7 nitrogen and oxygen atoms in total. The van der Waals surface area contributed by atoms with Crippen LogP contribution in [-0.2, 0) is 16.0 Å². The highest BCUT2D eigenvalue weighted by Crippen LogP contribution is 2.41. The number of hydrogen-bond acceptors (Lipinski definition) is 5. The van der Waals surface area contributed by atoms with Crippen molar-refractivity contribution in [2.24, 2.45) is 5.92 Å². The first-order valence-corrected chi connectivity index (χ1v) is 10.4. The van der Waals surface area contributed by atoms with Gasteiger partial charge >= 0.3 is 12.0 Å². The number of benzene rings is 2. The quantitative estimate of drug-likeness (QED) is 0.715. The number of amides is 2. The number of esters is 1. The van der Waals surface area contributed by atoms with Crippen LogP contribution in [0.25, 0.3) is 0 Å². The molecule has 2 amide bonds. The molecule has 166 valence electrons. The van der Waals surface area contributed by atoms with Crippen LogP contribution in [-0.4, -0.2) is 50.8 Å². The van der Waals surface area contributed by atoms with Crippen LogP contribution in [0, 0.1) is 5.92 Å². The highest BCUT2D eigenvalue weighted by Gasteiger charge is 2.35.